The SMILES string of the molecule is COCc1ncsc1C(=O)NC[C@@H]1C[C@H]1C1CCCCC1. The molecule has 2 saturated carbocycles. The van der Waals surface area contributed by atoms with Crippen molar-refractivity contribution >= 4 is 17.2 Å². The molecule has 4 nitrogen and oxygen atoms in total. The Labute approximate surface area is 130 Å². The average Bonchev–Trinajstić information content (AvgIpc) is 3.15. The second-order valence-corrected chi connectivity index (χ2v) is 7.18. The highest BCUT2D eigenvalue weighted by atomic mass is 32.1. The monoisotopic (exact) mass is 308 g/mol. The smallest absolute Gasteiger partial charge is 0.263 e. The molecule has 1 heterocycles. The number of nitrogens with one attached hydrogen (secondary N) is 1. The fraction of sp³-hybridized carbons (Fsp3) is 0.750. The standard InChI is InChI=1S/C16H24N2O2S/c1-20-9-14-15(21-10-18-14)16(19)17-8-12-7-13(12)11-5-3-2-4-6-11/h10-13H,2-9H2,1H3,(H,17,19)/t12-,13-/m0/s1. The highest BCUT2D eigenvalue weighted by molar-refractivity contribution is 7.11. The van der Waals surface area contributed by atoms with E-state index in [1.165, 1.54) is 49.9 Å². The van der Waals surface area contributed by atoms with E-state index >= 15 is 0 Å². The maximum atomic E-state index is 12.2. The summed E-state index contributed by atoms with van der Waals surface area (Å²) in [5, 5.41) is 3.09. The minimum absolute atomic E-state index is 0.0128. The molecule has 2 aliphatic carbocycles. The molecule has 1 aromatic heterocycles. The fourth-order valence-electron chi connectivity index (χ4n) is 3.64. The molecule has 0 bridgehead atoms. The number of carbonyl (C=O) groups is 1. The molecule has 0 aromatic carbocycles. The van der Waals surface area contributed by atoms with E-state index in [0.29, 0.717) is 17.4 Å². The molecule has 1 amide bonds. The minimum Gasteiger partial charge on any atom is -0.378 e. The van der Waals surface area contributed by atoms with Crippen LogP contribution in [0.15, 0.2) is 5.51 Å². The molecule has 0 radical (unpaired) electrons. The third-order valence-electron chi connectivity index (χ3n) is 4.89. The third kappa shape index (κ3) is 3.64. The van der Waals surface area contributed by atoms with Gasteiger partial charge in [0.15, 0.2) is 0 Å². The number of thiazole rings is 1. The Morgan fingerprint density at radius 2 is 2.24 bits per heavy atom. The number of methoxy groups -OCH3 is 1. The van der Waals surface area contributed by atoms with Crippen LogP contribution in [0.3, 0.4) is 0 Å². The number of hydrogen-bond acceptors (Lipinski definition) is 4. The lowest BCUT2D eigenvalue weighted by molar-refractivity contribution is 0.0949. The van der Waals surface area contributed by atoms with E-state index in [2.05, 4.69) is 10.3 Å². The summed E-state index contributed by atoms with van der Waals surface area (Å²) in [4.78, 5) is 17.1. The van der Waals surface area contributed by atoms with Gasteiger partial charge >= 0.3 is 0 Å². The van der Waals surface area contributed by atoms with Crippen LogP contribution in [0.4, 0.5) is 0 Å². The molecule has 3 rings (SSSR count). The van der Waals surface area contributed by atoms with Gasteiger partial charge in [-0.3, -0.25) is 4.79 Å². The summed E-state index contributed by atoms with van der Waals surface area (Å²) in [6, 6.07) is 0. The summed E-state index contributed by atoms with van der Waals surface area (Å²) in [7, 11) is 1.62. The van der Waals surface area contributed by atoms with Gasteiger partial charge in [0, 0.05) is 13.7 Å². The number of carbonyl (C=O) groups excluding carboxylic acids is 1. The maximum absolute atomic E-state index is 12.2. The third-order valence-corrected chi connectivity index (χ3v) is 5.75. The van der Waals surface area contributed by atoms with Crippen molar-refractivity contribution in [3.8, 4) is 0 Å². The highest BCUT2D eigenvalue weighted by Crippen LogP contribution is 2.48. The lowest BCUT2D eigenvalue weighted by Crippen LogP contribution is -2.26. The van der Waals surface area contributed by atoms with Crippen LogP contribution in [0, 0.1) is 17.8 Å². The largest absolute Gasteiger partial charge is 0.378 e. The Kier molecular flexibility index (Phi) is 4.91. The molecule has 1 aromatic rings. The Morgan fingerprint density at radius 3 is 3.00 bits per heavy atom. The molecule has 21 heavy (non-hydrogen) atoms. The fourth-order valence-corrected chi connectivity index (χ4v) is 4.36. The molecular formula is C16H24N2O2S. The Hall–Kier alpha value is -0.940. The molecule has 2 fully saturated rings. The number of nitrogens with zero attached hydrogens (tertiary/aromatic N) is 1. The number of amides is 1. The zero-order valence-electron chi connectivity index (χ0n) is 12.6. The van der Waals surface area contributed by atoms with Crippen LogP contribution in [-0.2, 0) is 11.3 Å². The van der Waals surface area contributed by atoms with Crippen molar-refractivity contribution in [1.29, 1.82) is 0 Å². The topological polar surface area (TPSA) is 51.2 Å². The van der Waals surface area contributed by atoms with Crippen molar-refractivity contribution in [3.05, 3.63) is 16.1 Å². The van der Waals surface area contributed by atoms with E-state index < -0.39 is 0 Å². The van der Waals surface area contributed by atoms with Gasteiger partial charge in [-0.1, -0.05) is 32.1 Å². The van der Waals surface area contributed by atoms with Crippen molar-refractivity contribution in [1.82, 2.24) is 10.3 Å². The number of rotatable bonds is 6. The van der Waals surface area contributed by atoms with Gasteiger partial charge in [-0.25, -0.2) is 4.98 Å². The average molecular weight is 308 g/mol. The van der Waals surface area contributed by atoms with Crippen molar-refractivity contribution in [2.45, 2.75) is 45.1 Å². The lowest BCUT2D eigenvalue weighted by Gasteiger charge is -2.21. The minimum atomic E-state index is 0.0128. The van der Waals surface area contributed by atoms with Gasteiger partial charge in [0.2, 0.25) is 0 Å². The molecule has 2 aliphatic rings. The van der Waals surface area contributed by atoms with Crippen LogP contribution >= 0.6 is 11.3 Å². The molecule has 0 unspecified atom stereocenters. The van der Waals surface area contributed by atoms with Gasteiger partial charge in [-0.05, 0) is 24.2 Å². The van der Waals surface area contributed by atoms with Crippen LogP contribution in [0.2, 0.25) is 0 Å². The first-order chi connectivity index (χ1) is 10.3. The Balaban J connectivity index is 1.45. The van der Waals surface area contributed by atoms with Crippen molar-refractivity contribution in [3.63, 3.8) is 0 Å². The summed E-state index contributed by atoms with van der Waals surface area (Å²) in [6.07, 6.45) is 8.34. The predicted molar refractivity (Wildman–Crippen MR) is 83.3 cm³/mol. The zero-order valence-corrected chi connectivity index (χ0v) is 13.5. The van der Waals surface area contributed by atoms with E-state index in [4.69, 9.17) is 4.74 Å². The summed E-state index contributed by atoms with van der Waals surface area (Å²) in [5.41, 5.74) is 2.46. The van der Waals surface area contributed by atoms with E-state index in [0.717, 1.165) is 24.1 Å². The summed E-state index contributed by atoms with van der Waals surface area (Å²) in [6.45, 7) is 1.23. The molecular weight excluding hydrogens is 284 g/mol. The quantitative estimate of drug-likeness (QED) is 0.878. The summed E-state index contributed by atoms with van der Waals surface area (Å²) < 4.78 is 5.08. The predicted octanol–water partition coefficient (Wildman–Crippen LogP) is 3.24. The number of ether oxygens (including phenoxy) is 1. The highest BCUT2D eigenvalue weighted by Gasteiger charge is 2.42. The van der Waals surface area contributed by atoms with Crippen molar-refractivity contribution in [2.75, 3.05) is 13.7 Å². The molecule has 5 heteroatoms. The number of hydrogen-bond donors (Lipinski definition) is 1. The molecule has 0 aliphatic heterocycles. The Morgan fingerprint density at radius 1 is 1.43 bits per heavy atom. The van der Waals surface area contributed by atoms with Gasteiger partial charge in [0.25, 0.3) is 5.91 Å². The maximum Gasteiger partial charge on any atom is 0.263 e. The molecule has 0 saturated heterocycles. The van der Waals surface area contributed by atoms with E-state index in [1.54, 1.807) is 12.6 Å². The van der Waals surface area contributed by atoms with Crippen LogP contribution < -0.4 is 5.32 Å². The summed E-state index contributed by atoms with van der Waals surface area (Å²) >= 11 is 1.40. The van der Waals surface area contributed by atoms with Crippen LogP contribution in [0.5, 0.6) is 0 Å². The van der Waals surface area contributed by atoms with Crippen molar-refractivity contribution < 1.29 is 9.53 Å². The van der Waals surface area contributed by atoms with Gasteiger partial charge in [-0.2, -0.15) is 0 Å². The molecule has 116 valence electrons. The van der Waals surface area contributed by atoms with E-state index in [1.807, 2.05) is 0 Å². The molecule has 2 atom stereocenters. The van der Waals surface area contributed by atoms with Crippen LogP contribution in [0.25, 0.3) is 0 Å². The van der Waals surface area contributed by atoms with E-state index in [-0.39, 0.29) is 5.91 Å². The van der Waals surface area contributed by atoms with Crippen molar-refractivity contribution in [2.24, 2.45) is 17.8 Å². The summed E-state index contributed by atoms with van der Waals surface area (Å²) in [5.74, 6) is 2.51. The van der Waals surface area contributed by atoms with E-state index in [9.17, 15) is 4.79 Å². The number of aromatic nitrogens is 1. The first-order valence-corrected chi connectivity index (χ1v) is 8.87. The first kappa shape index (κ1) is 15.0. The van der Waals surface area contributed by atoms with Gasteiger partial charge in [0.05, 0.1) is 17.8 Å². The molecule has 1 N–H and O–H groups in total. The second-order valence-electron chi connectivity index (χ2n) is 6.33. The van der Waals surface area contributed by atoms with Gasteiger partial charge < -0.3 is 10.1 Å². The molecule has 0 spiro atoms. The second kappa shape index (κ2) is 6.88. The normalized spacial score (nSPS) is 25.8. The van der Waals surface area contributed by atoms with Gasteiger partial charge in [-0.15, -0.1) is 11.3 Å². The van der Waals surface area contributed by atoms with Crippen LogP contribution in [0.1, 0.15) is 53.9 Å². The lowest BCUT2D eigenvalue weighted by atomic mass is 9.85. The zero-order chi connectivity index (χ0) is 14.7. The van der Waals surface area contributed by atoms with Gasteiger partial charge in [0.1, 0.15) is 4.88 Å². The van der Waals surface area contributed by atoms with Crippen LogP contribution in [-0.4, -0.2) is 24.5 Å². The first-order valence-electron chi connectivity index (χ1n) is 7.99. The Bertz CT molecular complexity index is 482.